The minimum absolute atomic E-state index is 0.0517. The zero-order chi connectivity index (χ0) is 24.3. The number of rotatable bonds is 8. The van der Waals surface area contributed by atoms with Crippen LogP contribution in [0.1, 0.15) is 67.4 Å². The van der Waals surface area contributed by atoms with E-state index < -0.39 is 11.5 Å². The maximum atomic E-state index is 13.0. The van der Waals surface area contributed by atoms with E-state index in [0.717, 1.165) is 38.5 Å². The van der Waals surface area contributed by atoms with E-state index in [1.165, 1.54) is 9.13 Å². The molecule has 1 aromatic heterocycles. The van der Waals surface area contributed by atoms with Gasteiger partial charge < -0.3 is 15.7 Å². The normalized spacial score (nSPS) is 17.7. The van der Waals surface area contributed by atoms with Crippen molar-refractivity contribution in [3.05, 3.63) is 51.2 Å². The molecule has 0 radical (unpaired) electrons. The third kappa shape index (κ3) is 5.91. The van der Waals surface area contributed by atoms with Gasteiger partial charge in [0.15, 0.2) is 0 Å². The molecule has 34 heavy (non-hydrogen) atoms. The summed E-state index contributed by atoms with van der Waals surface area (Å²) in [6, 6.07) is 4.80. The molecule has 2 aromatic rings. The van der Waals surface area contributed by atoms with Crippen molar-refractivity contribution in [2.45, 2.75) is 70.4 Å². The zero-order valence-electron chi connectivity index (χ0n) is 19.6. The molecule has 1 heterocycles. The highest BCUT2D eigenvalue weighted by Gasteiger charge is 2.29. The number of aryl methyl sites for hydroxylation is 1. The second-order valence-electron chi connectivity index (χ2n) is 9.74. The van der Waals surface area contributed by atoms with Crippen LogP contribution in [0.4, 0.5) is 0 Å². The van der Waals surface area contributed by atoms with Crippen LogP contribution in [0.15, 0.2) is 29.2 Å². The Morgan fingerprint density at radius 2 is 1.85 bits per heavy atom. The van der Waals surface area contributed by atoms with Crippen LogP contribution in [0.3, 0.4) is 0 Å². The molecule has 9 heteroatoms. The largest absolute Gasteiger partial charge is 0.388 e. The summed E-state index contributed by atoms with van der Waals surface area (Å²) in [6.07, 6.45) is 9.34. The Bertz CT molecular complexity index is 1110. The van der Waals surface area contributed by atoms with Crippen LogP contribution in [-0.4, -0.2) is 44.7 Å². The van der Waals surface area contributed by atoms with Crippen LogP contribution < -0.4 is 16.3 Å². The molecule has 0 atom stereocenters. The summed E-state index contributed by atoms with van der Waals surface area (Å²) in [5, 5.41) is 16.8. The number of benzene rings is 1. The van der Waals surface area contributed by atoms with Crippen LogP contribution in [0.5, 0.6) is 0 Å². The number of nitrogens with one attached hydrogen (secondary N) is 2. The molecular formula is C25H33ClN4O4. The second-order valence-corrected chi connectivity index (χ2v) is 10.1. The van der Waals surface area contributed by atoms with Gasteiger partial charge in [-0.1, -0.05) is 37.3 Å². The Kier molecular flexibility index (Phi) is 7.48. The van der Waals surface area contributed by atoms with Crippen molar-refractivity contribution < 1.29 is 14.7 Å². The van der Waals surface area contributed by atoms with E-state index in [1.54, 1.807) is 31.3 Å². The topological polar surface area (TPSA) is 105 Å². The maximum Gasteiger partial charge on any atom is 0.333 e. The van der Waals surface area contributed by atoms with Gasteiger partial charge >= 0.3 is 5.69 Å². The van der Waals surface area contributed by atoms with Gasteiger partial charge in [-0.05, 0) is 56.7 Å². The van der Waals surface area contributed by atoms with E-state index >= 15 is 0 Å². The average Bonchev–Trinajstić information content (AvgIpc) is 3.63. The highest BCUT2D eigenvalue weighted by molar-refractivity contribution is 6.33. The van der Waals surface area contributed by atoms with Gasteiger partial charge in [0, 0.05) is 25.0 Å². The van der Waals surface area contributed by atoms with Gasteiger partial charge in [-0.2, -0.15) is 0 Å². The Labute approximate surface area is 204 Å². The third-order valence-electron chi connectivity index (χ3n) is 6.85. The summed E-state index contributed by atoms with van der Waals surface area (Å²) in [5.41, 5.74) is 0.0918. The van der Waals surface area contributed by atoms with Crippen LogP contribution in [0.25, 0.3) is 5.69 Å². The van der Waals surface area contributed by atoms with E-state index in [4.69, 9.17) is 11.6 Å². The fourth-order valence-electron chi connectivity index (χ4n) is 4.49. The van der Waals surface area contributed by atoms with Crippen molar-refractivity contribution in [3.8, 4) is 5.69 Å². The Morgan fingerprint density at radius 1 is 1.15 bits per heavy atom. The van der Waals surface area contributed by atoms with Crippen molar-refractivity contribution >= 4 is 23.4 Å². The number of nitrogens with zero attached hydrogens (tertiary/aromatic N) is 2. The first-order chi connectivity index (χ1) is 16.3. The zero-order valence-corrected chi connectivity index (χ0v) is 20.4. The number of hydrogen-bond acceptors (Lipinski definition) is 4. The number of imidazole rings is 1. The first-order valence-electron chi connectivity index (χ1n) is 12.1. The van der Waals surface area contributed by atoms with Gasteiger partial charge in [-0.25, -0.2) is 4.79 Å². The summed E-state index contributed by atoms with van der Waals surface area (Å²) < 4.78 is 2.83. The van der Waals surface area contributed by atoms with Crippen molar-refractivity contribution in [1.29, 1.82) is 0 Å². The first kappa shape index (κ1) is 24.5. The summed E-state index contributed by atoms with van der Waals surface area (Å²) in [7, 11) is 0. The highest BCUT2D eigenvalue weighted by atomic mass is 35.5. The lowest BCUT2D eigenvalue weighted by atomic mass is 9.94. The lowest BCUT2D eigenvalue weighted by molar-refractivity contribution is -0.121. The molecular weight excluding hydrogens is 456 g/mol. The summed E-state index contributed by atoms with van der Waals surface area (Å²) in [4.78, 5) is 38.2. The molecule has 0 bridgehead atoms. The molecule has 2 amide bonds. The fraction of sp³-hybridized carbons (Fsp3) is 0.560. The lowest BCUT2D eigenvalue weighted by Gasteiger charge is -2.26. The molecule has 8 nitrogen and oxygen atoms in total. The molecule has 0 spiro atoms. The summed E-state index contributed by atoms with van der Waals surface area (Å²) >= 11 is 6.30. The Morgan fingerprint density at radius 3 is 2.53 bits per heavy atom. The molecule has 1 aromatic carbocycles. The molecule has 0 unspecified atom stereocenters. The number of aromatic nitrogens is 2. The van der Waals surface area contributed by atoms with E-state index in [-0.39, 0.29) is 35.3 Å². The van der Waals surface area contributed by atoms with Crippen LogP contribution in [0.2, 0.25) is 5.02 Å². The van der Waals surface area contributed by atoms with Crippen molar-refractivity contribution in [2.24, 2.45) is 5.92 Å². The maximum absolute atomic E-state index is 13.0. The van der Waals surface area contributed by atoms with Gasteiger partial charge in [0.05, 0.1) is 21.9 Å². The number of halogens is 1. The monoisotopic (exact) mass is 488 g/mol. The number of carbonyl (C=O) groups is 2. The Balaban J connectivity index is 1.48. The molecule has 3 N–H and O–H groups in total. The van der Waals surface area contributed by atoms with Gasteiger partial charge in [0.1, 0.15) is 6.54 Å². The predicted octanol–water partition coefficient (Wildman–Crippen LogP) is 2.94. The van der Waals surface area contributed by atoms with Gasteiger partial charge in [0.25, 0.3) is 5.91 Å². The van der Waals surface area contributed by atoms with Crippen LogP contribution >= 0.6 is 11.6 Å². The van der Waals surface area contributed by atoms with Crippen LogP contribution in [-0.2, 0) is 11.3 Å². The van der Waals surface area contributed by atoms with Crippen molar-refractivity contribution in [1.82, 2.24) is 19.8 Å². The molecule has 2 aliphatic rings. The van der Waals surface area contributed by atoms with Crippen molar-refractivity contribution in [2.75, 3.05) is 13.1 Å². The first-order valence-corrected chi connectivity index (χ1v) is 12.5. The summed E-state index contributed by atoms with van der Waals surface area (Å²) in [5.74, 6) is -0.0241. The number of carbonyl (C=O) groups excluding carboxylic acids is 2. The van der Waals surface area contributed by atoms with Crippen LogP contribution in [0, 0.1) is 12.8 Å². The summed E-state index contributed by atoms with van der Waals surface area (Å²) in [6.45, 7) is 2.53. The molecule has 0 saturated heterocycles. The molecule has 2 aliphatic carbocycles. The second kappa shape index (κ2) is 10.4. The quantitative estimate of drug-likeness (QED) is 0.497. The minimum Gasteiger partial charge on any atom is -0.388 e. The molecule has 4 rings (SSSR count). The van der Waals surface area contributed by atoms with E-state index in [2.05, 4.69) is 10.6 Å². The van der Waals surface area contributed by atoms with Gasteiger partial charge in [-0.3, -0.25) is 18.7 Å². The lowest BCUT2D eigenvalue weighted by Crippen LogP contribution is -2.42. The molecule has 184 valence electrons. The fourth-order valence-corrected chi connectivity index (χ4v) is 4.69. The average molecular weight is 489 g/mol. The SMILES string of the molecule is Cc1cn(-c2ccc(Cl)c(C(=O)NCC3(O)CCCCCC3)c2)c(=O)n1CC(=O)NCC1CC1. The highest BCUT2D eigenvalue weighted by Crippen LogP contribution is 2.28. The molecule has 2 saturated carbocycles. The van der Waals surface area contributed by atoms with Crippen molar-refractivity contribution in [3.63, 3.8) is 0 Å². The standard InChI is InChI=1S/C25H33ClN4O4/c1-17-14-30(24(33)29(17)15-22(31)27-13-18-6-7-18)19-8-9-21(26)20(12-19)23(32)28-16-25(34)10-4-2-3-5-11-25/h8-9,12,14,18,34H,2-7,10-11,13,15-16H2,1H3,(H,27,31)(H,28,32). The third-order valence-corrected chi connectivity index (χ3v) is 7.18. The smallest absolute Gasteiger partial charge is 0.333 e. The number of hydrogen-bond donors (Lipinski definition) is 3. The van der Waals surface area contributed by atoms with Gasteiger partial charge in [0.2, 0.25) is 5.91 Å². The van der Waals surface area contributed by atoms with E-state index in [1.807, 2.05) is 0 Å². The van der Waals surface area contributed by atoms with E-state index in [9.17, 15) is 19.5 Å². The molecule has 0 aliphatic heterocycles. The van der Waals surface area contributed by atoms with Gasteiger partial charge in [-0.15, -0.1) is 0 Å². The van der Waals surface area contributed by atoms with E-state index in [0.29, 0.717) is 36.7 Å². The number of aliphatic hydroxyl groups is 1. The predicted molar refractivity (Wildman–Crippen MR) is 130 cm³/mol. The Hall–Kier alpha value is -2.58. The number of amides is 2. The molecule has 2 fully saturated rings. The minimum atomic E-state index is -0.901.